The summed E-state index contributed by atoms with van der Waals surface area (Å²) in [5.74, 6) is 0.159. The maximum absolute atomic E-state index is 12.8. The van der Waals surface area contributed by atoms with E-state index in [9.17, 15) is 4.39 Å². The second kappa shape index (κ2) is 3.90. The van der Waals surface area contributed by atoms with E-state index in [1.807, 2.05) is 0 Å². The first kappa shape index (κ1) is 9.98. The molecule has 3 nitrogen and oxygen atoms in total. The lowest BCUT2D eigenvalue weighted by Gasteiger charge is -2.06. The molecule has 0 saturated carbocycles. The molecular formula is C10H8ClFN2O. The van der Waals surface area contributed by atoms with Crippen molar-refractivity contribution in [3.63, 3.8) is 0 Å². The van der Waals surface area contributed by atoms with Crippen LogP contribution in [0.1, 0.15) is 5.56 Å². The number of rotatable bonds is 2. The van der Waals surface area contributed by atoms with Gasteiger partial charge >= 0.3 is 0 Å². The zero-order valence-electron chi connectivity index (χ0n) is 7.71. The highest BCUT2D eigenvalue weighted by Crippen LogP contribution is 2.32. The SMILES string of the molecule is Nc1oncc1-c1cccc(Cl)c1CF. The summed E-state index contributed by atoms with van der Waals surface area (Å²) in [4.78, 5) is 0. The molecule has 1 heterocycles. The molecule has 0 radical (unpaired) electrons. The van der Waals surface area contributed by atoms with Crippen LogP contribution >= 0.6 is 11.6 Å². The Kier molecular flexibility index (Phi) is 2.60. The molecule has 0 fully saturated rings. The zero-order chi connectivity index (χ0) is 10.8. The number of nitrogens with zero attached hydrogens (tertiary/aromatic N) is 1. The molecule has 78 valence electrons. The molecule has 0 saturated heterocycles. The Morgan fingerprint density at radius 2 is 2.20 bits per heavy atom. The highest BCUT2D eigenvalue weighted by Gasteiger charge is 2.13. The quantitative estimate of drug-likeness (QED) is 0.856. The lowest BCUT2D eigenvalue weighted by Crippen LogP contribution is -1.90. The Morgan fingerprint density at radius 1 is 1.40 bits per heavy atom. The molecular weight excluding hydrogens is 219 g/mol. The summed E-state index contributed by atoms with van der Waals surface area (Å²) in [5, 5.41) is 3.91. The molecule has 15 heavy (non-hydrogen) atoms. The number of nitrogen functional groups attached to an aromatic ring is 1. The summed E-state index contributed by atoms with van der Waals surface area (Å²) in [5.41, 5.74) is 7.12. The highest BCUT2D eigenvalue weighted by molar-refractivity contribution is 6.31. The summed E-state index contributed by atoms with van der Waals surface area (Å²) in [7, 11) is 0. The van der Waals surface area contributed by atoms with Gasteiger partial charge in [0.05, 0.1) is 11.8 Å². The van der Waals surface area contributed by atoms with Gasteiger partial charge in [-0.15, -0.1) is 0 Å². The fourth-order valence-electron chi connectivity index (χ4n) is 1.40. The number of hydrogen-bond acceptors (Lipinski definition) is 3. The summed E-state index contributed by atoms with van der Waals surface area (Å²) < 4.78 is 17.5. The molecule has 0 amide bonds. The zero-order valence-corrected chi connectivity index (χ0v) is 8.46. The van der Waals surface area contributed by atoms with Gasteiger partial charge in [-0.1, -0.05) is 28.9 Å². The number of aromatic nitrogens is 1. The van der Waals surface area contributed by atoms with E-state index >= 15 is 0 Å². The van der Waals surface area contributed by atoms with Crippen LogP contribution in [-0.4, -0.2) is 5.16 Å². The predicted molar refractivity (Wildman–Crippen MR) is 56.2 cm³/mol. The molecule has 1 aromatic heterocycles. The van der Waals surface area contributed by atoms with Crippen molar-refractivity contribution in [2.45, 2.75) is 6.67 Å². The first-order valence-corrected chi connectivity index (χ1v) is 4.65. The van der Waals surface area contributed by atoms with Crippen LogP contribution in [0.3, 0.4) is 0 Å². The van der Waals surface area contributed by atoms with Crippen molar-refractivity contribution in [2.75, 3.05) is 5.73 Å². The van der Waals surface area contributed by atoms with Gasteiger partial charge in [0.1, 0.15) is 6.67 Å². The minimum Gasteiger partial charge on any atom is -0.367 e. The maximum atomic E-state index is 12.8. The molecule has 2 N–H and O–H groups in total. The fourth-order valence-corrected chi connectivity index (χ4v) is 1.62. The minimum absolute atomic E-state index is 0.159. The van der Waals surface area contributed by atoms with E-state index in [0.717, 1.165) is 0 Å². The molecule has 0 atom stereocenters. The van der Waals surface area contributed by atoms with Gasteiger partial charge in [0.2, 0.25) is 5.88 Å². The Morgan fingerprint density at radius 3 is 2.80 bits per heavy atom. The van der Waals surface area contributed by atoms with Gasteiger partial charge in [0.15, 0.2) is 0 Å². The molecule has 2 aromatic rings. The van der Waals surface area contributed by atoms with Crippen molar-refractivity contribution >= 4 is 17.5 Å². The molecule has 1 aromatic carbocycles. The second-order valence-electron chi connectivity index (χ2n) is 3.00. The highest BCUT2D eigenvalue weighted by atomic mass is 35.5. The normalized spacial score (nSPS) is 10.5. The number of hydrogen-bond donors (Lipinski definition) is 1. The standard InChI is InChI=1S/C10H8ClFN2O/c11-9-3-1-2-6(7(9)4-12)8-5-14-15-10(8)13/h1-3,5H,4,13H2. The van der Waals surface area contributed by atoms with Crippen molar-refractivity contribution in [3.05, 3.63) is 35.0 Å². The third kappa shape index (κ3) is 1.68. The van der Waals surface area contributed by atoms with Gasteiger partial charge in [-0.3, -0.25) is 0 Å². The van der Waals surface area contributed by atoms with Crippen LogP contribution < -0.4 is 5.73 Å². The van der Waals surface area contributed by atoms with Crippen molar-refractivity contribution < 1.29 is 8.91 Å². The van der Waals surface area contributed by atoms with E-state index in [-0.39, 0.29) is 5.88 Å². The number of halogens is 2. The van der Waals surface area contributed by atoms with Gasteiger partial charge in [-0.2, -0.15) is 0 Å². The lowest BCUT2D eigenvalue weighted by molar-refractivity contribution is 0.436. The van der Waals surface area contributed by atoms with Crippen LogP contribution in [0.2, 0.25) is 5.02 Å². The first-order valence-electron chi connectivity index (χ1n) is 4.28. The molecule has 0 aliphatic carbocycles. The number of benzene rings is 1. The second-order valence-corrected chi connectivity index (χ2v) is 3.41. The van der Waals surface area contributed by atoms with Crippen LogP contribution in [0.25, 0.3) is 11.1 Å². The third-order valence-electron chi connectivity index (χ3n) is 2.14. The molecule has 0 bridgehead atoms. The monoisotopic (exact) mass is 226 g/mol. The average molecular weight is 227 g/mol. The van der Waals surface area contributed by atoms with E-state index in [4.69, 9.17) is 21.9 Å². The Labute approximate surface area is 90.6 Å². The third-order valence-corrected chi connectivity index (χ3v) is 2.50. The van der Waals surface area contributed by atoms with E-state index < -0.39 is 6.67 Å². The predicted octanol–water partition coefficient (Wildman–Crippen LogP) is 3.05. The number of nitrogens with two attached hydrogens (primary N) is 1. The van der Waals surface area contributed by atoms with Crippen molar-refractivity contribution in [1.82, 2.24) is 5.16 Å². The summed E-state index contributed by atoms with van der Waals surface area (Å²) in [6.07, 6.45) is 1.44. The van der Waals surface area contributed by atoms with Crippen molar-refractivity contribution in [1.29, 1.82) is 0 Å². The minimum atomic E-state index is -0.653. The Balaban J connectivity index is 2.63. The largest absolute Gasteiger partial charge is 0.367 e. The Hall–Kier alpha value is -1.55. The average Bonchev–Trinajstić information content (AvgIpc) is 2.64. The summed E-state index contributed by atoms with van der Waals surface area (Å²) >= 11 is 5.87. The van der Waals surface area contributed by atoms with Crippen LogP contribution in [0.5, 0.6) is 0 Å². The first-order chi connectivity index (χ1) is 7.24. The van der Waals surface area contributed by atoms with Gasteiger partial charge in [0.25, 0.3) is 0 Å². The van der Waals surface area contributed by atoms with E-state index in [0.29, 0.717) is 21.7 Å². The van der Waals surface area contributed by atoms with Gasteiger partial charge in [-0.25, -0.2) is 4.39 Å². The summed E-state index contributed by atoms with van der Waals surface area (Å²) in [6.45, 7) is -0.653. The molecule has 0 aliphatic heterocycles. The molecule has 0 unspecified atom stereocenters. The van der Waals surface area contributed by atoms with Crippen LogP contribution in [-0.2, 0) is 6.67 Å². The molecule has 5 heteroatoms. The van der Waals surface area contributed by atoms with E-state index in [2.05, 4.69) is 5.16 Å². The van der Waals surface area contributed by atoms with Crippen LogP contribution in [0.15, 0.2) is 28.9 Å². The van der Waals surface area contributed by atoms with Crippen LogP contribution in [0.4, 0.5) is 10.3 Å². The number of anilines is 1. The van der Waals surface area contributed by atoms with E-state index in [1.54, 1.807) is 18.2 Å². The van der Waals surface area contributed by atoms with Gasteiger partial charge < -0.3 is 10.3 Å². The number of alkyl halides is 1. The van der Waals surface area contributed by atoms with Gasteiger partial charge in [0, 0.05) is 10.6 Å². The maximum Gasteiger partial charge on any atom is 0.229 e. The summed E-state index contributed by atoms with van der Waals surface area (Å²) in [6, 6.07) is 5.08. The van der Waals surface area contributed by atoms with Gasteiger partial charge in [-0.05, 0) is 11.6 Å². The van der Waals surface area contributed by atoms with Crippen molar-refractivity contribution in [2.24, 2.45) is 0 Å². The lowest BCUT2D eigenvalue weighted by atomic mass is 10.0. The molecule has 2 rings (SSSR count). The van der Waals surface area contributed by atoms with Crippen molar-refractivity contribution in [3.8, 4) is 11.1 Å². The topological polar surface area (TPSA) is 52.0 Å². The van der Waals surface area contributed by atoms with Crippen LogP contribution in [0, 0.1) is 0 Å². The molecule has 0 spiro atoms. The smallest absolute Gasteiger partial charge is 0.229 e. The molecule has 0 aliphatic rings. The van der Waals surface area contributed by atoms with E-state index in [1.165, 1.54) is 6.20 Å². The fraction of sp³-hybridized carbons (Fsp3) is 0.100. The Bertz CT molecular complexity index is 484.